The molecular weight excluding hydrogens is 378 g/mol. The maximum absolute atomic E-state index is 12.5. The molecule has 0 aromatic heterocycles. The predicted octanol–water partition coefficient (Wildman–Crippen LogP) is 4.83. The van der Waals surface area contributed by atoms with E-state index in [-0.39, 0.29) is 5.91 Å². The number of carbonyl (C=O) groups excluding carboxylic acids is 1. The molecule has 4 nitrogen and oxygen atoms in total. The highest BCUT2D eigenvalue weighted by Gasteiger charge is 2.19. The van der Waals surface area contributed by atoms with Crippen molar-refractivity contribution in [1.82, 2.24) is 0 Å². The molecule has 0 bridgehead atoms. The van der Waals surface area contributed by atoms with E-state index >= 15 is 0 Å². The zero-order chi connectivity index (χ0) is 18.0. The molecule has 3 N–H and O–H groups in total. The van der Waals surface area contributed by atoms with E-state index < -0.39 is 0 Å². The first-order valence-electron chi connectivity index (χ1n) is 8.66. The van der Waals surface area contributed by atoms with Gasteiger partial charge in [-0.3, -0.25) is 4.79 Å². The molecule has 1 fully saturated rings. The zero-order valence-electron chi connectivity index (χ0n) is 14.7. The fraction of sp³-hybridized carbons (Fsp3) is 0.350. The highest BCUT2D eigenvalue weighted by atomic mass is 79.9. The van der Waals surface area contributed by atoms with E-state index in [0.717, 1.165) is 28.8 Å². The van der Waals surface area contributed by atoms with E-state index in [2.05, 4.69) is 40.0 Å². The molecule has 1 saturated heterocycles. The SMILES string of the molecule is Cc1cc(N)c(NC(=O)c2cccc(Br)c2)cc1N1CCCC(C)C1. The quantitative estimate of drug-likeness (QED) is 0.724. The van der Waals surface area contributed by atoms with Crippen molar-refractivity contribution in [2.75, 3.05) is 29.0 Å². The van der Waals surface area contributed by atoms with E-state index in [0.29, 0.717) is 22.9 Å². The van der Waals surface area contributed by atoms with Gasteiger partial charge in [0.25, 0.3) is 5.91 Å². The molecule has 1 aliphatic heterocycles. The molecule has 5 heteroatoms. The van der Waals surface area contributed by atoms with Crippen LogP contribution in [0.15, 0.2) is 40.9 Å². The van der Waals surface area contributed by atoms with Gasteiger partial charge in [0.05, 0.1) is 11.4 Å². The molecule has 1 unspecified atom stereocenters. The van der Waals surface area contributed by atoms with Crippen LogP contribution in [-0.4, -0.2) is 19.0 Å². The molecule has 0 radical (unpaired) electrons. The van der Waals surface area contributed by atoms with Crippen molar-refractivity contribution >= 4 is 38.9 Å². The van der Waals surface area contributed by atoms with E-state index in [9.17, 15) is 4.79 Å². The number of nitrogens with zero attached hydrogens (tertiary/aromatic N) is 1. The maximum atomic E-state index is 12.5. The van der Waals surface area contributed by atoms with E-state index in [1.54, 1.807) is 12.1 Å². The Morgan fingerprint density at radius 2 is 2.12 bits per heavy atom. The molecule has 1 amide bonds. The molecule has 1 atom stereocenters. The highest BCUT2D eigenvalue weighted by Crippen LogP contribution is 2.32. The summed E-state index contributed by atoms with van der Waals surface area (Å²) in [4.78, 5) is 14.9. The summed E-state index contributed by atoms with van der Waals surface area (Å²) in [6, 6.07) is 11.3. The summed E-state index contributed by atoms with van der Waals surface area (Å²) in [5, 5.41) is 2.96. The van der Waals surface area contributed by atoms with Crippen LogP contribution in [0.3, 0.4) is 0 Å². The van der Waals surface area contributed by atoms with Gasteiger partial charge in [0.2, 0.25) is 0 Å². The van der Waals surface area contributed by atoms with Gasteiger partial charge in [0.1, 0.15) is 0 Å². The fourth-order valence-corrected chi connectivity index (χ4v) is 3.80. The summed E-state index contributed by atoms with van der Waals surface area (Å²) in [7, 11) is 0. The number of nitrogens with two attached hydrogens (primary N) is 1. The molecule has 2 aromatic carbocycles. The molecule has 25 heavy (non-hydrogen) atoms. The van der Waals surface area contributed by atoms with Crippen LogP contribution in [0.25, 0.3) is 0 Å². The Labute approximate surface area is 157 Å². The molecule has 1 heterocycles. The lowest BCUT2D eigenvalue weighted by atomic mass is 9.98. The van der Waals surface area contributed by atoms with Gasteiger partial charge < -0.3 is 16.0 Å². The number of nitrogen functional groups attached to an aromatic ring is 1. The average Bonchev–Trinajstić information content (AvgIpc) is 2.57. The van der Waals surface area contributed by atoms with Crippen molar-refractivity contribution in [1.29, 1.82) is 0 Å². The first kappa shape index (κ1) is 17.8. The summed E-state index contributed by atoms with van der Waals surface area (Å²) in [5.41, 5.74) is 10.3. The number of hydrogen-bond acceptors (Lipinski definition) is 3. The van der Waals surface area contributed by atoms with E-state index in [4.69, 9.17) is 5.73 Å². The van der Waals surface area contributed by atoms with Gasteiger partial charge in [0.15, 0.2) is 0 Å². The maximum Gasteiger partial charge on any atom is 0.255 e. The van der Waals surface area contributed by atoms with Crippen LogP contribution in [0.1, 0.15) is 35.7 Å². The second-order valence-corrected chi connectivity index (χ2v) is 7.80. The number of aryl methyl sites for hydroxylation is 1. The van der Waals surface area contributed by atoms with Crippen LogP contribution in [0.4, 0.5) is 17.1 Å². The lowest BCUT2D eigenvalue weighted by Crippen LogP contribution is -2.34. The number of hydrogen-bond donors (Lipinski definition) is 2. The first-order chi connectivity index (χ1) is 11.9. The van der Waals surface area contributed by atoms with Crippen molar-refractivity contribution in [2.45, 2.75) is 26.7 Å². The predicted molar refractivity (Wildman–Crippen MR) is 108 cm³/mol. The Morgan fingerprint density at radius 1 is 1.32 bits per heavy atom. The molecule has 0 spiro atoms. The zero-order valence-corrected chi connectivity index (χ0v) is 16.3. The van der Waals surface area contributed by atoms with Crippen molar-refractivity contribution in [3.8, 4) is 0 Å². The second-order valence-electron chi connectivity index (χ2n) is 6.88. The number of halogens is 1. The fourth-order valence-electron chi connectivity index (χ4n) is 3.40. The Bertz CT molecular complexity index is 791. The summed E-state index contributed by atoms with van der Waals surface area (Å²) < 4.78 is 0.875. The van der Waals surface area contributed by atoms with Gasteiger partial charge in [-0.25, -0.2) is 0 Å². The van der Waals surface area contributed by atoms with Crippen LogP contribution >= 0.6 is 15.9 Å². The Balaban J connectivity index is 1.86. The monoisotopic (exact) mass is 401 g/mol. The molecule has 132 valence electrons. The molecular formula is C20H24BrN3O. The Hall–Kier alpha value is -2.01. The van der Waals surface area contributed by atoms with Crippen LogP contribution in [0.5, 0.6) is 0 Å². The number of amides is 1. The van der Waals surface area contributed by atoms with Crippen molar-refractivity contribution in [3.63, 3.8) is 0 Å². The number of nitrogens with one attached hydrogen (secondary N) is 1. The summed E-state index contributed by atoms with van der Waals surface area (Å²) in [6.07, 6.45) is 2.47. The minimum atomic E-state index is -0.158. The highest BCUT2D eigenvalue weighted by molar-refractivity contribution is 9.10. The van der Waals surface area contributed by atoms with Crippen molar-refractivity contribution in [3.05, 3.63) is 52.0 Å². The van der Waals surface area contributed by atoms with Crippen molar-refractivity contribution < 1.29 is 4.79 Å². The lowest BCUT2D eigenvalue weighted by molar-refractivity contribution is 0.102. The van der Waals surface area contributed by atoms with Crippen LogP contribution < -0.4 is 16.0 Å². The van der Waals surface area contributed by atoms with Gasteiger partial charge in [-0.2, -0.15) is 0 Å². The third kappa shape index (κ3) is 4.15. The Morgan fingerprint density at radius 3 is 2.84 bits per heavy atom. The minimum absolute atomic E-state index is 0.158. The number of piperidine rings is 1. The standard InChI is InChI=1S/C20H24BrN3O/c1-13-5-4-8-24(12-13)19-11-18(17(22)9-14(19)2)23-20(25)15-6-3-7-16(21)10-15/h3,6-7,9-11,13H,4-5,8,12,22H2,1-2H3,(H,23,25). The molecule has 2 aromatic rings. The van der Waals surface area contributed by atoms with Crippen molar-refractivity contribution in [2.24, 2.45) is 5.92 Å². The van der Waals surface area contributed by atoms with Crippen LogP contribution in [-0.2, 0) is 0 Å². The van der Waals surface area contributed by atoms with Gasteiger partial charge in [-0.15, -0.1) is 0 Å². The number of rotatable bonds is 3. The number of benzene rings is 2. The third-order valence-corrected chi connectivity index (χ3v) is 5.19. The van der Waals surface area contributed by atoms with Gasteiger partial charge in [0, 0.05) is 28.8 Å². The topological polar surface area (TPSA) is 58.4 Å². The van der Waals surface area contributed by atoms with Gasteiger partial charge in [-0.05, 0) is 61.6 Å². The van der Waals surface area contributed by atoms with E-state index in [1.807, 2.05) is 24.3 Å². The number of carbonyl (C=O) groups is 1. The summed E-state index contributed by atoms with van der Waals surface area (Å²) >= 11 is 3.40. The molecule has 0 saturated carbocycles. The molecule has 1 aliphatic rings. The smallest absolute Gasteiger partial charge is 0.255 e. The van der Waals surface area contributed by atoms with Gasteiger partial charge in [-0.1, -0.05) is 28.9 Å². The normalized spacial score (nSPS) is 17.4. The lowest BCUT2D eigenvalue weighted by Gasteiger charge is -2.34. The first-order valence-corrected chi connectivity index (χ1v) is 9.45. The minimum Gasteiger partial charge on any atom is -0.397 e. The van der Waals surface area contributed by atoms with Gasteiger partial charge >= 0.3 is 0 Å². The van der Waals surface area contributed by atoms with Crippen LogP contribution in [0.2, 0.25) is 0 Å². The Kier molecular flexibility index (Phi) is 5.33. The summed E-state index contributed by atoms with van der Waals surface area (Å²) in [5.74, 6) is 0.528. The number of anilines is 3. The molecule has 3 rings (SSSR count). The second kappa shape index (κ2) is 7.48. The largest absolute Gasteiger partial charge is 0.397 e. The van der Waals surface area contributed by atoms with Crippen LogP contribution in [0, 0.1) is 12.8 Å². The third-order valence-electron chi connectivity index (χ3n) is 4.70. The molecule has 0 aliphatic carbocycles. The summed E-state index contributed by atoms with van der Waals surface area (Å²) in [6.45, 7) is 6.46. The average molecular weight is 402 g/mol. The van der Waals surface area contributed by atoms with E-state index in [1.165, 1.54) is 12.8 Å².